The normalized spacial score (nSPS) is 12.3. The van der Waals surface area contributed by atoms with Crippen LogP contribution >= 0.6 is 11.3 Å². The van der Waals surface area contributed by atoms with Crippen LogP contribution in [0.4, 0.5) is 0 Å². The van der Waals surface area contributed by atoms with E-state index in [1.54, 1.807) is 0 Å². The summed E-state index contributed by atoms with van der Waals surface area (Å²) in [5.74, 6) is -1.47. The molecule has 1 heterocycles. The maximum absolute atomic E-state index is 11.3. The molecule has 1 unspecified atom stereocenters. The third kappa shape index (κ3) is 2.92. The Bertz CT molecular complexity index is 566. The van der Waals surface area contributed by atoms with E-state index in [-0.39, 0.29) is 0 Å². The maximum Gasteiger partial charge on any atom is 0.313 e. The predicted octanol–water partition coefficient (Wildman–Crippen LogP) is 2.57. The lowest BCUT2D eigenvalue weighted by molar-refractivity contribution is -0.138. The fraction of sp³-hybridized carbons (Fsp3) is 0.308. The van der Waals surface area contributed by atoms with Crippen molar-refractivity contribution < 1.29 is 9.90 Å². The molecule has 0 bridgehead atoms. The summed E-state index contributed by atoms with van der Waals surface area (Å²) >= 11 is 1.34. The summed E-state index contributed by atoms with van der Waals surface area (Å²) < 4.78 is 0. The molecule has 18 heavy (non-hydrogen) atoms. The van der Waals surface area contributed by atoms with E-state index < -0.39 is 11.9 Å². The second kappa shape index (κ2) is 5.27. The first kappa shape index (κ1) is 12.7. The van der Waals surface area contributed by atoms with Gasteiger partial charge in [-0.05, 0) is 25.8 Å². The lowest BCUT2D eigenvalue weighted by Gasteiger charge is -2.09. The minimum absolute atomic E-state index is 0.450. The zero-order chi connectivity index (χ0) is 13.1. The van der Waals surface area contributed by atoms with Crippen molar-refractivity contribution in [3.05, 3.63) is 45.4 Å². The number of hydrogen-bond donors (Lipinski definition) is 1. The number of carbonyl (C=O) groups is 1. The Morgan fingerprint density at radius 1 is 1.39 bits per heavy atom. The summed E-state index contributed by atoms with van der Waals surface area (Å²) in [4.78, 5) is 11.3. The van der Waals surface area contributed by atoms with Crippen molar-refractivity contribution in [2.75, 3.05) is 0 Å². The molecule has 5 heteroatoms. The van der Waals surface area contributed by atoms with E-state index in [2.05, 4.69) is 10.2 Å². The Kier molecular flexibility index (Phi) is 3.72. The Balaban J connectivity index is 2.24. The van der Waals surface area contributed by atoms with Gasteiger partial charge in [0.1, 0.15) is 15.9 Å². The molecule has 0 saturated carbocycles. The monoisotopic (exact) mass is 262 g/mol. The Labute approximate surface area is 109 Å². The number of benzene rings is 1. The van der Waals surface area contributed by atoms with Crippen LogP contribution in [-0.2, 0) is 11.2 Å². The average molecular weight is 262 g/mol. The molecule has 1 N–H and O–H groups in total. The van der Waals surface area contributed by atoms with Crippen LogP contribution < -0.4 is 0 Å². The molecule has 0 amide bonds. The number of aliphatic carboxylic acids is 1. The number of carboxylic acids is 1. The number of nitrogens with zero attached hydrogens (tertiary/aromatic N) is 2. The van der Waals surface area contributed by atoms with Crippen molar-refractivity contribution >= 4 is 17.3 Å². The number of aromatic nitrogens is 2. The van der Waals surface area contributed by atoms with Gasteiger partial charge < -0.3 is 5.11 Å². The number of rotatable bonds is 4. The zero-order valence-electron chi connectivity index (χ0n) is 10.3. The second-order valence-corrected chi connectivity index (χ2v) is 5.46. The molecule has 0 spiro atoms. The third-order valence-corrected chi connectivity index (χ3v) is 3.61. The van der Waals surface area contributed by atoms with Gasteiger partial charge in [0, 0.05) is 0 Å². The molecule has 0 radical (unpaired) electrons. The van der Waals surface area contributed by atoms with Crippen molar-refractivity contribution in [3.63, 3.8) is 0 Å². The first-order valence-electron chi connectivity index (χ1n) is 5.64. The van der Waals surface area contributed by atoms with Crippen molar-refractivity contribution in [2.45, 2.75) is 26.2 Å². The van der Waals surface area contributed by atoms with Crippen LogP contribution in [0.3, 0.4) is 0 Å². The third-order valence-electron chi connectivity index (χ3n) is 2.66. The van der Waals surface area contributed by atoms with Gasteiger partial charge in [-0.2, -0.15) is 0 Å². The first-order valence-corrected chi connectivity index (χ1v) is 6.46. The zero-order valence-corrected chi connectivity index (χ0v) is 11.1. The van der Waals surface area contributed by atoms with E-state index in [9.17, 15) is 9.90 Å². The van der Waals surface area contributed by atoms with Crippen molar-refractivity contribution in [3.8, 4) is 0 Å². The van der Waals surface area contributed by atoms with Gasteiger partial charge in [0.2, 0.25) is 0 Å². The molecule has 1 aromatic heterocycles. The SMILES string of the molecule is Cc1cccc(CC(C(=O)O)c2nnc(C)s2)c1. The molecule has 0 fully saturated rings. The highest BCUT2D eigenvalue weighted by molar-refractivity contribution is 7.11. The van der Waals surface area contributed by atoms with Crippen LogP contribution in [0.2, 0.25) is 0 Å². The van der Waals surface area contributed by atoms with Gasteiger partial charge in [-0.1, -0.05) is 29.8 Å². The van der Waals surface area contributed by atoms with Crippen LogP contribution in [0.1, 0.15) is 27.1 Å². The first-order chi connectivity index (χ1) is 8.56. The van der Waals surface area contributed by atoms with Crippen LogP contribution in [0.25, 0.3) is 0 Å². The molecule has 0 saturated heterocycles. The Morgan fingerprint density at radius 3 is 2.72 bits per heavy atom. The van der Waals surface area contributed by atoms with Crippen molar-refractivity contribution in [1.82, 2.24) is 10.2 Å². The van der Waals surface area contributed by atoms with E-state index in [4.69, 9.17) is 0 Å². The van der Waals surface area contributed by atoms with Crippen molar-refractivity contribution in [1.29, 1.82) is 0 Å². The topological polar surface area (TPSA) is 63.1 Å². The minimum Gasteiger partial charge on any atom is -0.481 e. The van der Waals surface area contributed by atoms with Crippen molar-refractivity contribution in [2.24, 2.45) is 0 Å². The standard InChI is InChI=1S/C13H14N2O2S/c1-8-4-3-5-10(6-8)7-11(13(16)17)12-15-14-9(2)18-12/h3-6,11H,7H2,1-2H3,(H,16,17). The fourth-order valence-corrected chi connectivity index (χ4v) is 2.60. The molecule has 94 valence electrons. The summed E-state index contributed by atoms with van der Waals surface area (Å²) in [5.41, 5.74) is 2.14. The average Bonchev–Trinajstić information content (AvgIpc) is 2.72. The lowest BCUT2D eigenvalue weighted by Crippen LogP contribution is -2.14. The summed E-state index contributed by atoms with van der Waals surface area (Å²) in [6.07, 6.45) is 0.450. The second-order valence-electron chi connectivity index (χ2n) is 4.24. The molecule has 2 rings (SSSR count). The van der Waals surface area contributed by atoms with Crippen LogP contribution in [-0.4, -0.2) is 21.3 Å². The van der Waals surface area contributed by atoms with E-state index in [0.717, 1.165) is 16.1 Å². The van der Waals surface area contributed by atoms with Gasteiger partial charge >= 0.3 is 5.97 Å². The summed E-state index contributed by atoms with van der Waals surface area (Å²) in [5, 5.41) is 18.5. The van der Waals surface area contributed by atoms with Crippen LogP contribution in [0.5, 0.6) is 0 Å². The summed E-state index contributed by atoms with van der Waals surface area (Å²) in [7, 11) is 0. The highest BCUT2D eigenvalue weighted by Crippen LogP contribution is 2.24. The van der Waals surface area contributed by atoms with Crippen LogP contribution in [0.15, 0.2) is 24.3 Å². The number of aryl methyl sites for hydroxylation is 2. The van der Waals surface area contributed by atoms with Gasteiger partial charge in [-0.25, -0.2) is 0 Å². The quantitative estimate of drug-likeness (QED) is 0.919. The predicted molar refractivity (Wildman–Crippen MR) is 69.9 cm³/mol. The lowest BCUT2D eigenvalue weighted by atomic mass is 9.99. The van der Waals surface area contributed by atoms with Gasteiger partial charge in [0.05, 0.1) is 0 Å². The van der Waals surface area contributed by atoms with E-state index in [1.807, 2.05) is 38.1 Å². The molecule has 0 aliphatic carbocycles. The maximum atomic E-state index is 11.3. The molecule has 1 atom stereocenters. The Hall–Kier alpha value is -1.75. The van der Waals surface area contributed by atoms with E-state index >= 15 is 0 Å². The highest BCUT2D eigenvalue weighted by atomic mass is 32.1. The molecule has 0 aliphatic heterocycles. The minimum atomic E-state index is -0.854. The largest absolute Gasteiger partial charge is 0.481 e. The summed E-state index contributed by atoms with van der Waals surface area (Å²) in [6, 6.07) is 7.88. The molecular weight excluding hydrogens is 248 g/mol. The fourth-order valence-electron chi connectivity index (χ4n) is 1.81. The van der Waals surface area contributed by atoms with Gasteiger partial charge in [-0.15, -0.1) is 21.5 Å². The van der Waals surface area contributed by atoms with E-state index in [1.165, 1.54) is 11.3 Å². The molecule has 4 nitrogen and oxygen atoms in total. The van der Waals surface area contributed by atoms with E-state index in [0.29, 0.717) is 11.4 Å². The van der Waals surface area contributed by atoms with Gasteiger partial charge in [0.15, 0.2) is 0 Å². The van der Waals surface area contributed by atoms with Gasteiger partial charge in [0.25, 0.3) is 0 Å². The molecule has 0 aliphatic rings. The molecule has 1 aromatic carbocycles. The number of carboxylic acid groups (broad SMARTS) is 1. The summed E-state index contributed by atoms with van der Waals surface area (Å²) in [6.45, 7) is 3.82. The highest BCUT2D eigenvalue weighted by Gasteiger charge is 2.24. The molecular formula is C13H14N2O2S. The van der Waals surface area contributed by atoms with Crippen LogP contribution in [0, 0.1) is 13.8 Å². The smallest absolute Gasteiger partial charge is 0.313 e. The number of hydrogen-bond acceptors (Lipinski definition) is 4. The molecule has 2 aromatic rings. The van der Waals surface area contributed by atoms with Gasteiger partial charge in [-0.3, -0.25) is 4.79 Å². The Morgan fingerprint density at radius 2 is 2.17 bits per heavy atom.